The maximum Gasteiger partial charge on any atom is 0.193 e. The first-order chi connectivity index (χ1) is 8.99. The number of nitrogens with zero attached hydrogens (tertiary/aromatic N) is 1. The summed E-state index contributed by atoms with van der Waals surface area (Å²) in [6.45, 7) is 10.4. The third-order valence-corrected chi connectivity index (χ3v) is 2.75. The molecular formula is C15H25N3O. The van der Waals surface area contributed by atoms with Gasteiger partial charge in [0.1, 0.15) is 0 Å². The molecule has 1 aromatic carbocycles. The Morgan fingerprint density at radius 1 is 1.32 bits per heavy atom. The molecule has 0 saturated carbocycles. The average Bonchev–Trinajstić information content (AvgIpc) is 2.33. The zero-order chi connectivity index (χ0) is 14.3. The number of ether oxygens (including phenoxy) is 1. The quantitative estimate of drug-likeness (QED) is 0.471. The van der Waals surface area contributed by atoms with Gasteiger partial charge in [-0.1, -0.05) is 19.9 Å². The van der Waals surface area contributed by atoms with E-state index in [1.807, 2.05) is 6.07 Å². The van der Waals surface area contributed by atoms with Crippen LogP contribution in [0.3, 0.4) is 0 Å². The van der Waals surface area contributed by atoms with Crippen molar-refractivity contribution in [3.63, 3.8) is 0 Å². The molecule has 0 saturated heterocycles. The molecule has 0 atom stereocenters. The number of aryl methyl sites for hydroxylation is 2. The van der Waals surface area contributed by atoms with Gasteiger partial charge in [0.25, 0.3) is 0 Å². The second-order valence-electron chi connectivity index (χ2n) is 5.16. The Bertz CT molecular complexity index is 427. The lowest BCUT2D eigenvalue weighted by Gasteiger charge is -2.08. The standard InChI is InChI=1S/C15H25N3O/c1-11(2)10-19-8-7-17-15(16)18-14-6-5-12(3)13(4)9-14/h5-6,9,11H,7-8,10H2,1-4H3,(H3,16,17,18). The topological polar surface area (TPSA) is 59.6 Å². The lowest BCUT2D eigenvalue weighted by atomic mass is 10.1. The van der Waals surface area contributed by atoms with Crippen LogP contribution in [-0.4, -0.2) is 25.7 Å². The Labute approximate surface area is 116 Å². The molecule has 4 heteroatoms. The number of hydrogen-bond acceptors (Lipinski definition) is 2. The SMILES string of the molecule is Cc1ccc(NC(N)=NCCOCC(C)C)cc1C. The van der Waals surface area contributed by atoms with E-state index in [9.17, 15) is 0 Å². The molecule has 1 aromatic rings. The van der Waals surface area contributed by atoms with E-state index < -0.39 is 0 Å². The minimum atomic E-state index is 0.427. The second kappa shape index (κ2) is 7.79. The van der Waals surface area contributed by atoms with Crippen LogP contribution in [-0.2, 0) is 4.74 Å². The zero-order valence-corrected chi connectivity index (χ0v) is 12.4. The number of rotatable bonds is 6. The summed E-state index contributed by atoms with van der Waals surface area (Å²) >= 11 is 0. The van der Waals surface area contributed by atoms with Crippen molar-refractivity contribution in [2.75, 3.05) is 25.1 Å². The summed E-state index contributed by atoms with van der Waals surface area (Å²) in [7, 11) is 0. The van der Waals surface area contributed by atoms with Crippen LogP contribution in [0.2, 0.25) is 0 Å². The highest BCUT2D eigenvalue weighted by atomic mass is 16.5. The van der Waals surface area contributed by atoms with Crippen LogP contribution in [0, 0.1) is 19.8 Å². The van der Waals surface area contributed by atoms with Crippen LogP contribution in [0.15, 0.2) is 23.2 Å². The minimum Gasteiger partial charge on any atom is -0.379 e. The van der Waals surface area contributed by atoms with E-state index in [0.29, 0.717) is 25.0 Å². The first kappa shape index (κ1) is 15.5. The monoisotopic (exact) mass is 263 g/mol. The summed E-state index contributed by atoms with van der Waals surface area (Å²) in [4.78, 5) is 4.23. The van der Waals surface area contributed by atoms with Crippen molar-refractivity contribution in [2.45, 2.75) is 27.7 Å². The van der Waals surface area contributed by atoms with E-state index >= 15 is 0 Å². The number of nitrogens with one attached hydrogen (secondary N) is 1. The summed E-state index contributed by atoms with van der Waals surface area (Å²) in [6.07, 6.45) is 0. The molecule has 0 heterocycles. The highest BCUT2D eigenvalue weighted by molar-refractivity contribution is 5.92. The normalized spacial score (nSPS) is 11.9. The Hall–Kier alpha value is -1.55. The fourth-order valence-corrected chi connectivity index (χ4v) is 1.56. The lowest BCUT2D eigenvalue weighted by Crippen LogP contribution is -2.23. The molecule has 0 spiro atoms. The molecule has 0 unspecified atom stereocenters. The van der Waals surface area contributed by atoms with Gasteiger partial charge in [0.15, 0.2) is 5.96 Å². The third-order valence-electron chi connectivity index (χ3n) is 2.75. The predicted molar refractivity (Wildman–Crippen MR) is 81.7 cm³/mol. The number of guanidine groups is 1. The van der Waals surface area contributed by atoms with E-state index in [-0.39, 0.29) is 0 Å². The number of benzene rings is 1. The molecule has 0 radical (unpaired) electrons. The van der Waals surface area contributed by atoms with Crippen molar-refractivity contribution in [3.8, 4) is 0 Å². The van der Waals surface area contributed by atoms with Gasteiger partial charge < -0.3 is 15.8 Å². The highest BCUT2D eigenvalue weighted by Crippen LogP contribution is 2.13. The van der Waals surface area contributed by atoms with Gasteiger partial charge in [0, 0.05) is 12.3 Å². The smallest absolute Gasteiger partial charge is 0.193 e. The van der Waals surface area contributed by atoms with Crippen molar-refractivity contribution in [1.29, 1.82) is 0 Å². The summed E-state index contributed by atoms with van der Waals surface area (Å²) in [5.41, 5.74) is 9.29. The molecule has 0 bridgehead atoms. The lowest BCUT2D eigenvalue weighted by molar-refractivity contribution is 0.117. The van der Waals surface area contributed by atoms with Crippen molar-refractivity contribution >= 4 is 11.6 Å². The van der Waals surface area contributed by atoms with Crippen molar-refractivity contribution < 1.29 is 4.74 Å². The summed E-state index contributed by atoms with van der Waals surface area (Å²) < 4.78 is 5.44. The fraction of sp³-hybridized carbons (Fsp3) is 0.533. The summed E-state index contributed by atoms with van der Waals surface area (Å²) in [5.74, 6) is 0.978. The van der Waals surface area contributed by atoms with E-state index in [4.69, 9.17) is 10.5 Å². The maximum absolute atomic E-state index is 5.82. The van der Waals surface area contributed by atoms with Crippen LogP contribution in [0.5, 0.6) is 0 Å². The molecule has 0 aromatic heterocycles. The molecule has 19 heavy (non-hydrogen) atoms. The first-order valence-electron chi connectivity index (χ1n) is 6.71. The zero-order valence-electron chi connectivity index (χ0n) is 12.4. The molecule has 1 rings (SSSR count). The largest absolute Gasteiger partial charge is 0.379 e. The minimum absolute atomic E-state index is 0.427. The molecule has 4 nitrogen and oxygen atoms in total. The van der Waals surface area contributed by atoms with Crippen LogP contribution < -0.4 is 11.1 Å². The Kier molecular flexibility index (Phi) is 6.36. The van der Waals surface area contributed by atoms with Crippen LogP contribution in [0.25, 0.3) is 0 Å². The van der Waals surface area contributed by atoms with Gasteiger partial charge in [-0.05, 0) is 43.0 Å². The Morgan fingerprint density at radius 3 is 2.68 bits per heavy atom. The van der Waals surface area contributed by atoms with Gasteiger partial charge in [0.05, 0.1) is 13.2 Å². The highest BCUT2D eigenvalue weighted by Gasteiger charge is 1.98. The van der Waals surface area contributed by atoms with E-state index in [1.165, 1.54) is 11.1 Å². The average molecular weight is 263 g/mol. The number of aliphatic imine (C=N–C) groups is 1. The van der Waals surface area contributed by atoms with Gasteiger partial charge in [0.2, 0.25) is 0 Å². The van der Waals surface area contributed by atoms with Crippen molar-refractivity contribution in [2.24, 2.45) is 16.6 Å². The summed E-state index contributed by atoms with van der Waals surface area (Å²) in [6, 6.07) is 6.13. The number of nitrogens with two attached hydrogens (primary N) is 1. The van der Waals surface area contributed by atoms with Gasteiger partial charge in [-0.25, -0.2) is 0 Å². The number of anilines is 1. The molecule has 0 amide bonds. The molecular weight excluding hydrogens is 238 g/mol. The fourth-order valence-electron chi connectivity index (χ4n) is 1.56. The van der Waals surface area contributed by atoms with Crippen LogP contribution in [0.1, 0.15) is 25.0 Å². The van der Waals surface area contributed by atoms with E-state index in [1.54, 1.807) is 0 Å². The van der Waals surface area contributed by atoms with E-state index in [0.717, 1.165) is 12.3 Å². The van der Waals surface area contributed by atoms with Gasteiger partial charge in [-0.2, -0.15) is 0 Å². The molecule has 3 N–H and O–H groups in total. The summed E-state index contributed by atoms with van der Waals surface area (Å²) in [5, 5.41) is 3.08. The Balaban J connectivity index is 2.37. The van der Waals surface area contributed by atoms with Crippen LogP contribution >= 0.6 is 0 Å². The van der Waals surface area contributed by atoms with Gasteiger partial charge in [-0.15, -0.1) is 0 Å². The second-order valence-corrected chi connectivity index (χ2v) is 5.16. The third kappa shape index (κ3) is 6.25. The molecule has 0 fully saturated rings. The first-order valence-corrected chi connectivity index (χ1v) is 6.71. The van der Waals surface area contributed by atoms with E-state index in [2.05, 4.69) is 50.1 Å². The number of hydrogen-bond donors (Lipinski definition) is 2. The molecule has 0 aliphatic heterocycles. The molecule has 106 valence electrons. The van der Waals surface area contributed by atoms with Gasteiger partial charge in [-0.3, -0.25) is 4.99 Å². The Morgan fingerprint density at radius 2 is 2.05 bits per heavy atom. The van der Waals surface area contributed by atoms with Crippen molar-refractivity contribution in [1.82, 2.24) is 0 Å². The molecule has 0 aliphatic carbocycles. The molecule has 0 aliphatic rings. The predicted octanol–water partition coefficient (Wildman–Crippen LogP) is 2.70. The van der Waals surface area contributed by atoms with Crippen LogP contribution in [0.4, 0.5) is 5.69 Å². The van der Waals surface area contributed by atoms with Crippen molar-refractivity contribution in [3.05, 3.63) is 29.3 Å². The maximum atomic E-state index is 5.82. The van der Waals surface area contributed by atoms with Gasteiger partial charge >= 0.3 is 0 Å².